The van der Waals surface area contributed by atoms with Crippen molar-refractivity contribution in [1.82, 2.24) is 24.8 Å². The number of aromatic nitrogens is 4. The van der Waals surface area contributed by atoms with Crippen molar-refractivity contribution >= 4 is 39.7 Å². The summed E-state index contributed by atoms with van der Waals surface area (Å²) in [6, 6.07) is 7.21. The Morgan fingerprint density at radius 2 is 2.00 bits per heavy atom. The highest BCUT2D eigenvalue weighted by atomic mass is 32.1. The Morgan fingerprint density at radius 3 is 2.84 bits per heavy atom. The van der Waals surface area contributed by atoms with Gasteiger partial charge in [0.05, 0.1) is 48.4 Å². The van der Waals surface area contributed by atoms with Gasteiger partial charge in [-0.25, -0.2) is 14.3 Å². The second-order valence-electron chi connectivity index (χ2n) is 8.50. The van der Waals surface area contributed by atoms with E-state index in [2.05, 4.69) is 30.5 Å². The maximum Gasteiger partial charge on any atom is 0.332 e. The van der Waals surface area contributed by atoms with Crippen LogP contribution in [0.15, 0.2) is 46.8 Å². The van der Waals surface area contributed by atoms with Crippen LogP contribution in [0.1, 0.15) is 10.5 Å². The van der Waals surface area contributed by atoms with Gasteiger partial charge < -0.3 is 34.7 Å². The van der Waals surface area contributed by atoms with Gasteiger partial charge in [-0.15, -0.1) is 11.3 Å². The molecule has 1 amide bonds. The van der Waals surface area contributed by atoms with Crippen LogP contribution in [0.3, 0.4) is 0 Å². The number of rotatable bonds is 11. The Kier molecular flexibility index (Phi) is 8.28. The third-order valence-electron chi connectivity index (χ3n) is 6.00. The molecular weight excluding hydrogens is 510 g/mol. The van der Waals surface area contributed by atoms with E-state index >= 15 is 0 Å². The number of thiazole rings is 1. The number of benzene rings is 1. The fourth-order valence-electron chi connectivity index (χ4n) is 4.16. The Bertz CT molecular complexity index is 1440. The largest absolute Gasteiger partial charge is 0.491 e. The smallest absolute Gasteiger partial charge is 0.332 e. The lowest BCUT2D eigenvalue weighted by atomic mass is 10.2. The number of ether oxygens (including phenoxy) is 3. The lowest BCUT2D eigenvalue weighted by Gasteiger charge is -2.30. The first kappa shape index (κ1) is 25.9. The summed E-state index contributed by atoms with van der Waals surface area (Å²) in [6.45, 7) is 5.27. The van der Waals surface area contributed by atoms with E-state index in [1.165, 1.54) is 15.9 Å². The van der Waals surface area contributed by atoms with E-state index in [-0.39, 0.29) is 17.3 Å². The number of nitrogens with one attached hydrogen (secondary N) is 3. The molecule has 0 radical (unpaired) electrons. The zero-order chi connectivity index (χ0) is 26.3. The molecule has 5 rings (SSSR count). The topological polar surface area (TPSA) is 136 Å². The van der Waals surface area contributed by atoms with Crippen molar-refractivity contribution in [2.24, 2.45) is 0 Å². The fraction of sp³-hybridized carbons (Fsp3) is 0.360. The molecule has 0 unspecified atom stereocenters. The van der Waals surface area contributed by atoms with Crippen molar-refractivity contribution in [3.8, 4) is 10.9 Å². The molecule has 38 heavy (non-hydrogen) atoms. The van der Waals surface area contributed by atoms with Crippen LogP contribution in [-0.2, 0) is 9.47 Å². The van der Waals surface area contributed by atoms with Crippen molar-refractivity contribution < 1.29 is 19.0 Å². The summed E-state index contributed by atoms with van der Waals surface area (Å²) in [6.07, 6.45) is 3.35. The van der Waals surface area contributed by atoms with Gasteiger partial charge in [0.1, 0.15) is 18.1 Å². The second kappa shape index (κ2) is 12.2. The summed E-state index contributed by atoms with van der Waals surface area (Å²) in [4.78, 5) is 39.5. The molecule has 0 saturated carbocycles. The molecule has 13 heteroatoms. The molecule has 3 aromatic heterocycles. The zero-order valence-electron chi connectivity index (χ0n) is 20.9. The zero-order valence-corrected chi connectivity index (χ0v) is 21.8. The average Bonchev–Trinajstić information content (AvgIpc) is 3.55. The highest BCUT2D eigenvalue weighted by molar-refractivity contribution is 7.12. The van der Waals surface area contributed by atoms with E-state index in [1.54, 1.807) is 43.1 Å². The number of amides is 1. The molecule has 1 saturated heterocycles. The number of nitrogens with zero attached hydrogens (tertiary/aromatic N) is 4. The quantitative estimate of drug-likeness (QED) is 0.244. The minimum atomic E-state index is -0.367. The predicted molar refractivity (Wildman–Crippen MR) is 145 cm³/mol. The molecule has 1 fully saturated rings. The van der Waals surface area contributed by atoms with E-state index in [0.717, 1.165) is 31.9 Å². The van der Waals surface area contributed by atoms with Gasteiger partial charge in [0.2, 0.25) is 0 Å². The summed E-state index contributed by atoms with van der Waals surface area (Å²) in [7, 11) is 1.62. The van der Waals surface area contributed by atoms with Crippen LogP contribution in [0, 0.1) is 0 Å². The third kappa shape index (κ3) is 5.86. The van der Waals surface area contributed by atoms with E-state index < -0.39 is 0 Å². The number of carbonyl (C=O) groups is 1. The van der Waals surface area contributed by atoms with Crippen LogP contribution in [-0.4, -0.2) is 85.1 Å². The number of anilines is 2. The van der Waals surface area contributed by atoms with Crippen molar-refractivity contribution in [1.29, 1.82) is 0 Å². The van der Waals surface area contributed by atoms with Crippen LogP contribution < -0.4 is 26.0 Å². The second-order valence-corrected chi connectivity index (χ2v) is 9.33. The van der Waals surface area contributed by atoms with Gasteiger partial charge in [0.15, 0.2) is 5.13 Å². The van der Waals surface area contributed by atoms with Gasteiger partial charge in [-0.1, -0.05) is 0 Å². The summed E-state index contributed by atoms with van der Waals surface area (Å²) < 4.78 is 17.5. The first-order valence-electron chi connectivity index (χ1n) is 12.3. The van der Waals surface area contributed by atoms with Crippen molar-refractivity contribution in [2.75, 3.05) is 69.9 Å². The molecule has 0 spiro atoms. The number of carbonyl (C=O) groups excluding carboxylic acids is 1. The molecule has 0 atom stereocenters. The summed E-state index contributed by atoms with van der Waals surface area (Å²) in [5.41, 5.74) is 2.63. The highest BCUT2D eigenvalue weighted by Crippen LogP contribution is 2.27. The van der Waals surface area contributed by atoms with Crippen LogP contribution in [0.5, 0.6) is 5.75 Å². The molecule has 1 aromatic carbocycles. The number of H-pyrrole nitrogens is 1. The molecular formula is C25H29N7O5S. The Hall–Kier alpha value is -3.78. The summed E-state index contributed by atoms with van der Waals surface area (Å²) >= 11 is 1.21. The van der Waals surface area contributed by atoms with Gasteiger partial charge in [-0.2, -0.15) is 0 Å². The molecule has 0 aliphatic carbocycles. The highest BCUT2D eigenvalue weighted by Gasteiger charge is 2.19. The number of aromatic amines is 1. The molecule has 1 aliphatic rings. The molecule has 3 N–H and O–H groups in total. The molecule has 200 valence electrons. The molecule has 1 aliphatic heterocycles. The Balaban J connectivity index is 1.29. The molecule has 12 nitrogen and oxygen atoms in total. The normalized spacial score (nSPS) is 13.7. The number of hydrogen-bond donors (Lipinski definition) is 3. The summed E-state index contributed by atoms with van der Waals surface area (Å²) in [5, 5.41) is 8.28. The van der Waals surface area contributed by atoms with Gasteiger partial charge in [0.25, 0.3) is 5.91 Å². The Morgan fingerprint density at radius 1 is 1.16 bits per heavy atom. The number of fused-ring (bicyclic) bond motifs is 1. The van der Waals surface area contributed by atoms with E-state index in [1.807, 2.05) is 6.07 Å². The number of methoxy groups -OCH3 is 1. The predicted octanol–water partition coefficient (Wildman–Crippen LogP) is 1.87. The lowest BCUT2D eigenvalue weighted by Crippen LogP contribution is -2.43. The summed E-state index contributed by atoms with van der Waals surface area (Å²) in [5.74, 6) is 0.241. The molecule has 0 bridgehead atoms. The van der Waals surface area contributed by atoms with Crippen LogP contribution >= 0.6 is 11.3 Å². The monoisotopic (exact) mass is 539 g/mol. The van der Waals surface area contributed by atoms with Crippen molar-refractivity contribution in [3.05, 3.63) is 58.2 Å². The Labute approximate surface area is 222 Å². The van der Waals surface area contributed by atoms with Gasteiger partial charge in [-0.3, -0.25) is 9.78 Å². The SMILES string of the molecule is COCCOCCOc1ccc2c(c1)[nH]c(=O)n2-c1nc(C(=O)Nc2cnccc2N2CCNCC2)cs1. The third-order valence-corrected chi connectivity index (χ3v) is 6.83. The maximum absolute atomic E-state index is 13.1. The van der Waals surface area contributed by atoms with Gasteiger partial charge in [0, 0.05) is 50.9 Å². The lowest BCUT2D eigenvalue weighted by molar-refractivity contribution is 0.0544. The minimum Gasteiger partial charge on any atom is -0.491 e. The maximum atomic E-state index is 13.1. The minimum absolute atomic E-state index is 0.217. The van der Waals surface area contributed by atoms with Crippen molar-refractivity contribution in [3.63, 3.8) is 0 Å². The average molecular weight is 540 g/mol. The van der Waals surface area contributed by atoms with Crippen LogP contribution in [0.4, 0.5) is 11.4 Å². The van der Waals surface area contributed by atoms with Crippen LogP contribution in [0.25, 0.3) is 16.2 Å². The van der Waals surface area contributed by atoms with Gasteiger partial charge in [-0.05, 0) is 18.2 Å². The van der Waals surface area contributed by atoms with E-state index in [4.69, 9.17) is 14.2 Å². The van der Waals surface area contributed by atoms with Crippen LogP contribution in [0.2, 0.25) is 0 Å². The number of imidazole rings is 1. The standard InChI is InChI=1S/C25H29N7O5S/c1-35-10-11-36-12-13-37-17-2-3-22-18(14-17)29-24(34)32(22)25-30-20(16-38-25)23(33)28-19-15-27-5-4-21(19)31-8-6-26-7-9-31/h2-5,14-16,26H,6-13H2,1H3,(H,28,33)(H,29,34). The molecule has 4 heterocycles. The first-order valence-corrected chi connectivity index (χ1v) is 13.1. The fourth-order valence-corrected chi connectivity index (χ4v) is 4.97. The number of piperazine rings is 1. The van der Waals surface area contributed by atoms with E-state index in [0.29, 0.717) is 54.0 Å². The molecule has 4 aromatic rings. The first-order chi connectivity index (χ1) is 18.6. The number of pyridine rings is 1. The van der Waals surface area contributed by atoms with Gasteiger partial charge >= 0.3 is 5.69 Å². The number of hydrogen-bond acceptors (Lipinski definition) is 10. The van der Waals surface area contributed by atoms with Crippen molar-refractivity contribution in [2.45, 2.75) is 0 Å². The van der Waals surface area contributed by atoms with E-state index in [9.17, 15) is 9.59 Å².